The Bertz CT molecular complexity index is 661. The summed E-state index contributed by atoms with van der Waals surface area (Å²) < 4.78 is 28.4. The van der Waals surface area contributed by atoms with E-state index < -0.39 is 10.0 Å². The lowest BCUT2D eigenvalue weighted by Crippen LogP contribution is -2.52. The van der Waals surface area contributed by atoms with Gasteiger partial charge in [0, 0.05) is 32.2 Å². The summed E-state index contributed by atoms with van der Waals surface area (Å²) in [5.41, 5.74) is 0.605. The summed E-state index contributed by atoms with van der Waals surface area (Å²) >= 11 is 0. The van der Waals surface area contributed by atoms with Crippen LogP contribution < -0.4 is 5.32 Å². The number of anilines is 1. The van der Waals surface area contributed by atoms with Gasteiger partial charge in [-0.2, -0.15) is 8.42 Å². The van der Waals surface area contributed by atoms with E-state index >= 15 is 0 Å². The number of hydrogen-bond acceptors (Lipinski definition) is 5. The van der Waals surface area contributed by atoms with Crippen LogP contribution in [0, 0.1) is 0 Å². The molecule has 0 atom stereocenters. The van der Waals surface area contributed by atoms with E-state index in [1.165, 1.54) is 0 Å². The fourth-order valence-corrected chi connectivity index (χ4v) is 3.82. The second-order valence-electron chi connectivity index (χ2n) is 5.63. The van der Waals surface area contributed by atoms with Crippen LogP contribution in [0.1, 0.15) is 13.8 Å². The summed E-state index contributed by atoms with van der Waals surface area (Å²) in [5.74, 6) is 0.442. The molecule has 0 bridgehead atoms. The summed E-state index contributed by atoms with van der Waals surface area (Å²) in [4.78, 5) is 4.63. The Morgan fingerprint density at radius 2 is 1.81 bits per heavy atom. The van der Waals surface area contributed by atoms with Crippen LogP contribution in [0.15, 0.2) is 33.6 Å². The molecule has 2 heterocycles. The van der Waals surface area contributed by atoms with Gasteiger partial charge in [0.15, 0.2) is 0 Å². The fourth-order valence-electron chi connectivity index (χ4n) is 2.69. The summed E-state index contributed by atoms with van der Waals surface area (Å²) in [6, 6.07) is 7.39. The summed E-state index contributed by atoms with van der Waals surface area (Å²) in [5, 5.41) is 3.14. The third-order valence-electron chi connectivity index (χ3n) is 3.96. The second kappa shape index (κ2) is 5.31. The number of rotatable bonds is 1. The van der Waals surface area contributed by atoms with Crippen LogP contribution in [0.2, 0.25) is 0 Å². The van der Waals surface area contributed by atoms with Gasteiger partial charge in [-0.3, -0.25) is 4.90 Å². The lowest BCUT2D eigenvalue weighted by molar-refractivity contribution is 0.148. The van der Waals surface area contributed by atoms with Crippen LogP contribution in [0.25, 0.3) is 0 Å². The average Bonchev–Trinajstić information content (AvgIpc) is 2.46. The Morgan fingerprint density at radius 3 is 2.48 bits per heavy atom. The highest BCUT2D eigenvalue weighted by Crippen LogP contribution is 2.27. The van der Waals surface area contributed by atoms with E-state index in [0.29, 0.717) is 17.7 Å². The SMILES string of the molecule is CC(C)N1CCN(C2=NS(=O)(=O)c3ccccc3N2)CC1. The molecular formula is C14H20N4O2S. The van der Waals surface area contributed by atoms with Crippen LogP contribution in [0.5, 0.6) is 0 Å². The van der Waals surface area contributed by atoms with Gasteiger partial charge in [-0.05, 0) is 26.0 Å². The van der Waals surface area contributed by atoms with Gasteiger partial charge in [-0.1, -0.05) is 12.1 Å². The van der Waals surface area contributed by atoms with Crippen molar-refractivity contribution in [2.75, 3.05) is 31.5 Å². The Kier molecular flexibility index (Phi) is 3.62. The van der Waals surface area contributed by atoms with Crippen molar-refractivity contribution in [2.24, 2.45) is 4.40 Å². The number of nitrogens with one attached hydrogen (secondary N) is 1. The Labute approximate surface area is 125 Å². The third kappa shape index (κ3) is 2.75. The predicted octanol–water partition coefficient (Wildman–Crippen LogP) is 1.18. The first-order valence-corrected chi connectivity index (χ1v) is 8.61. The number of benzene rings is 1. The molecule has 114 valence electrons. The minimum absolute atomic E-state index is 0.245. The molecule has 7 heteroatoms. The fraction of sp³-hybridized carbons (Fsp3) is 0.500. The molecule has 2 aliphatic rings. The lowest BCUT2D eigenvalue weighted by atomic mass is 10.2. The van der Waals surface area contributed by atoms with Crippen molar-refractivity contribution in [2.45, 2.75) is 24.8 Å². The maximum Gasteiger partial charge on any atom is 0.287 e. The average molecular weight is 308 g/mol. The second-order valence-corrected chi connectivity index (χ2v) is 7.20. The molecule has 0 aliphatic carbocycles. The van der Waals surface area contributed by atoms with Gasteiger partial charge < -0.3 is 10.2 Å². The lowest BCUT2D eigenvalue weighted by Gasteiger charge is -2.38. The highest BCUT2D eigenvalue weighted by molar-refractivity contribution is 7.90. The predicted molar refractivity (Wildman–Crippen MR) is 83.0 cm³/mol. The van der Waals surface area contributed by atoms with Gasteiger partial charge in [0.2, 0.25) is 5.96 Å². The first kappa shape index (κ1) is 14.3. The standard InChI is InChI=1S/C14H20N4O2S/c1-11(2)17-7-9-18(10-8-17)14-15-12-5-3-4-6-13(12)21(19,20)16-14/h3-6,11H,7-10H2,1-2H3,(H,15,16). The van der Waals surface area contributed by atoms with Crippen molar-refractivity contribution in [3.8, 4) is 0 Å². The van der Waals surface area contributed by atoms with E-state index in [4.69, 9.17) is 0 Å². The highest BCUT2D eigenvalue weighted by Gasteiger charge is 2.29. The molecule has 3 rings (SSSR count). The molecule has 1 aromatic rings. The van der Waals surface area contributed by atoms with Crippen molar-refractivity contribution < 1.29 is 8.42 Å². The van der Waals surface area contributed by atoms with Crippen LogP contribution in [0.4, 0.5) is 5.69 Å². The molecular weight excluding hydrogens is 288 g/mol. The first-order chi connectivity index (χ1) is 9.97. The molecule has 0 radical (unpaired) electrons. The van der Waals surface area contributed by atoms with E-state index in [0.717, 1.165) is 26.2 Å². The van der Waals surface area contributed by atoms with Crippen molar-refractivity contribution in [1.82, 2.24) is 9.80 Å². The Balaban J connectivity index is 1.81. The molecule has 0 amide bonds. The number of fused-ring (bicyclic) bond motifs is 1. The Morgan fingerprint density at radius 1 is 1.14 bits per heavy atom. The highest BCUT2D eigenvalue weighted by atomic mass is 32.2. The van der Waals surface area contributed by atoms with E-state index in [1.807, 2.05) is 11.0 Å². The number of guanidine groups is 1. The van der Waals surface area contributed by atoms with Crippen LogP contribution in [-0.2, 0) is 10.0 Å². The molecule has 1 aromatic carbocycles. The zero-order valence-corrected chi connectivity index (χ0v) is 13.1. The van der Waals surface area contributed by atoms with Gasteiger partial charge in [-0.15, -0.1) is 4.40 Å². The number of sulfonamides is 1. The number of nitrogens with zero attached hydrogens (tertiary/aromatic N) is 3. The molecule has 2 aliphatic heterocycles. The third-order valence-corrected chi connectivity index (χ3v) is 5.29. The topological polar surface area (TPSA) is 65.0 Å². The van der Waals surface area contributed by atoms with Crippen molar-refractivity contribution >= 4 is 21.7 Å². The molecule has 0 aromatic heterocycles. The smallest absolute Gasteiger partial charge is 0.287 e. The molecule has 0 unspecified atom stereocenters. The summed E-state index contributed by atoms with van der Waals surface area (Å²) in [6.07, 6.45) is 0. The molecule has 1 fully saturated rings. The van der Waals surface area contributed by atoms with E-state index in [1.54, 1.807) is 18.2 Å². The van der Waals surface area contributed by atoms with E-state index in [9.17, 15) is 8.42 Å². The molecule has 0 saturated carbocycles. The van der Waals surface area contributed by atoms with Crippen LogP contribution >= 0.6 is 0 Å². The summed E-state index contributed by atoms with van der Waals surface area (Å²) in [7, 11) is -3.60. The van der Waals surface area contributed by atoms with Gasteiger partial charge in [0.1, 0.15) is 4.90 Å². The van der Waals surface area contributed by atoms with Crippen LogP contribution in [-0.4, -0.2) is 56.4 Å². The van der Waals surface area contributed by atoms with Crippen molar-refractivity contribution in [1.29, 1.82) is 0 Å². The number of piperazine rings is 1. The number of hydrogen-bond donors (Lipinski definition) is 1. The van der Waals surface area contributed by atoms with E-state index in [-0.39, 0.29) is 4.90 Å². The van der Waals surface area contributed by atoms with Gasteiger partial charge in [0.25, 0.3) is 10.0 Å². The van der Waals surface area contributed by atoms with Gasteiger partial charge >= 0.3 is 0 Å². The normalized spacial score (nSPS) is 21.7. The molecule has 1 N–H and O–H groups in total. The summed E-state index contributed by atoms with van der Waals surface area (Å²) in [6.45, 7) is 7.74. The zero-order valence-electron chi connectivity index (χ0n) is 12.3. The minimum Gasteiger partial charge on any atom is -0.339 e. The van der Waals surface area contributed by atoms with E-state index in [2.05, 4.69) is 28.5 Å². The first-order valence-electron chi connectivity index (χ1n) is 7.17. The molecule has 1 saturated heterocycles. The molecule has 0 spiro atoms. The monoisotopic (exact) mass is 308 g/mol. The number of para-hydroxylation sites is 1. The zero-order chi connectivity index (χ0) is 15.0. The van der Waals surface area contributed by atoms with Crippen molar-refractivity contribution in [3.63, 3.8) is 0 Å². The maximum atomic E-state index is 12.2. The molecule has 21 heavy (non-hydrogen) atoms. The van der Waals surface area contributed by atoms with Gasteiger partial charge in [0.05, 0.1) is 5.69 Å². The molecule has 6 nitrogen and oxygen atoms in total. The van der Waals surface area contributed by atoms with Crippen molar-refractivity contribution in [3.05, 3.63) is 24.3 Å². The Hall–Kier alpha value is -1.60. The maximum absolute atomic E-state index is 12.2. The minimum atomic E-state index is -3.60. The van der Waals surface area contributed by atoms with Crippen LogP contribution in [0.3, 0.4) is 0 Å². The quantitative estimate of drug-likeness (QED) is 0.844. The van der Waals surface area contributed by atoms with Gasteiger partial charge in [-0.25, -0.2) is 0 Å². The largest absolute Gasteiger partial charge is 0.339 e.